The highest BCUT2D eigenvalue weighted by Crippen LogP contribution is 2.33. The summed E-state index contributed by atoms with van der Waals surface area (Å²) in [5.41, 5.74) is 4.34. The minimum atomic E-state index is 0.488. The molecule has 2 aliphatic rings. The summed E-state index contributed by atoms with van der Waals surface area (Å²) in [7, 11) is 0. The van der Waals surface area contributed by atoms with Crippen LogP contribution in [-0.4, -0.2) is 36.2 Å². The Balaban J connectivity index is 1.63. The van der Waals surface area contributed by atoms with Gasteiger partial charge in [-0.05, 0) is 43.0 Å². The molecule has 2 aromatic rings. The van der Waals surface area contributed by atoms with Crippen LogP contribution in [-0.2, 0) is 17.7 Å². The molecule has 0 N–H and O–H groups in total. The van der Waals surface area contributed by atoms with Gasteiger partial charge in [0.2, 0.25) is 0 Å². The minimum Gasteiger partial charge on any atom is -0.379 e. The van der Waals surface area contributed by atoms with Crippen LogP contribution >= 0.6 is 34.8 Å². The minimum absolute atomic E-state index is 0.488. The molecule has 3 nitrogen and oxygen atoms in total. The Morgan fingerprint density at radius 1 is 1.04 bits per heavy atom. The number of hydrogen-bond donors (Lipinski definition) is 0. The number of nitrogens with zero attached hydrogens (tertiary/aromatic N) is 2. The maximum Gasteiger partial charge on any atom is 0.135 e. The van der Waals surface area contributed by atoms with Gasteiger partial charge in [-0.3, -0.25) is 4.90 Å². The molecule has 6 heteroatoms. The van der Waals surface area contributed by atoms with E-state index in [9.17, 15) is 0 Å². The number of halogens is 3. The molecule has 142 valence electrons. The largest absolute Gasteiger partial charge is 0.379 e. The summed E-state index contributed by atoms with van der Waals surface area (Å²) < 4.78 is 5.42. The molecule has 0 bridgehead atoms. The third-order valence-corrected chi connectivity index (χ3v) is 6.19. The molecule has 1 saturated heterocycles. The maximum absolute atomic E-state index is 6.78. The molecule has 1 aromatic heterocycles. The van der Waals surface area contributed by atoms with Crippen molar-refractivity contribution >= 4 is 45.7 Å². The topological polar surface area (TPSA) is 25.4 Å². The number of allylic oxidation sites excluding steroid dienone is 4. The lowest BCUT2D eigenvalue weighted by Crippen LogP contribution is -2.35. The van der Waals surface area contributed by atoms with Crippen LogP contribution in [0.25, 0.3) is 10.9 Å². The van der Waals surface area contributed by atoms with E-state index < -0.39 is 0 Å². The average Bonchev–Trinajstić information content (AvgIpc) is 2.68. The third-order valence-electron chi connectivity index (χ3n) is 5.13. The number of pyridine rings is 1. The first kappa shape index (κ1) is 19.2. The van der Waals surface area contributed by atoms with Gasteiger partial charge in [0.05, 0.1) is 23.8 Å². The van der Waals surface area contributed by atoms with Gasteiger partial charge in [0.1, 0.15) is 5.15 Å². The second kappa shape index (κ2) is 8.50. The van der Waals surface area contributed by atoms with Crippen molar-refractivity contribution in [2.45, 2.75) is 25.8 Å². The second-order valence-electron chi connectivity index (χ2n) is 7.05. The molecule has 1 fully saturated rings. The fraction of sp³-hybridized carbons (Fsp3) is 0.381. The first-order chi connectivity index (χ1) is 13.1. The van der Waals surface area contributed by atoms with Gasteiger partial charge in [0.25, 0.3) is 0 Å². The lowest BCUT2D eigenvalue weighted by molar-refractivity contribution is 0.0342. The van der Waals surface area contributed by atoms with Crippen molar-refractivity contribution in [3.63, 3.8) is 0 Å². The van der Waals surface area contributed by atoms with Crippen LogP contribution in [0.3, 0.4) is 0 Å². The van der Waals surface area contributed by atoms with E-state index in [1.165, 1.54) is 11.1 Å². The van der Waals surface area contributed by atoms with Gasteiger partial charge in [-0.2, -0.15) is 0 Å². The predicted octanol–water partition coefficient (Wildman–Crippen LogP) is 5.76. The van der Waals surface area contributed by atoms with Crippen molar-refractivity contribution < 1.29 is 4.74 Å². The van der Waals surface area contributed by atoms with Gasteiger partial charge >= 0.3 is 0 Å². The highest BCUT2D eigenvalue weighted by atomic mass is 35.5. The number of hydrogen-bond acceptors (Lipinski definition) is 3. The van der Waals surface area contributed by atoms with E-state index in [1.807, 2.05) is 12.1 Å². The predicted molar refractivity (Wildman–Crippen MR) is 113 cm³/mol. The zero-order valence-electron chi connectivity index (χ0n) is 15.0. The summed E-state index contributed by atoms with van der Waals surface area (Å²) in [6, 6.07) is 6.25. The fourth-order valence-electron chi connectivity index (χ4n) is 3.57. The smallest absolute Gasteiger partial charge is 0.135 e. The Kier molecular flexibility index (Phi) is 6.05. The maximum atomic E-state index is 6.78. The molecule has 0 unspecified atom stereocenters. The van der Waals surface area contributed by atoms with E-state index in [0.29, 0.717) is 16.7 Å². The molecular weight excluding hydrogens is 403 g/mol. The zero-order chi connectivity index (χ0) is 18.8. The number of ether oxygens (including phenoxy) is 1. The Morgan fingerprint density at radius 2 is 1.85 bits per heavy atom. The van der Waals surface area contributed by atoms with Crippen molar-refractivity contribution in [3.8, 4) is 0 Å². The van der Waals surface area contributed by atoms with E-state index in [2.05, 4.69) is 28.1 Å². The number of rotatable bonds is 4. The number of fused-ring (bicyclic) bond motifs is 1. The van der Waals surface area contributed by atoms with Crippen LogP contribution in [0.15, 0.2) is 41.0 Å². The summed E-state index contributed by atoms with van der Waals surface area (Å²) in [5.74, 6) is 0. The lowest BCUT2D eigenvalue weighted by Gasteiger charge is -2.27. The summed E-state index contributed by atoms with van der Waals surface area (Å²) in [6.07, 6.45) is 6.94. The van der Waals surface area contributed by atoms with Gasteiger partial charge < -0.3 is 4.74 Å². The van der Waals surface area contributed by atoms with Crippen molar-refractivity contribution in [2.24, 2.45) is 0 Å². The molecule has 0 saturated carbocycles. The Labute approximate surface area is 174 Å². The van der Waals surface area contributed by atoms with E-state index >= 15 is 0 Å². The summed E-state index contributed by atoms with van der Waals surface area (Å²) in [5, 5.41) is 3.08. The van der Waals surface area contributed by atoms with Crippen LogP contribution < -0.4 is 0 Å². The average molecular weight is 424 g/mol. The van der Waals surface area contributed by atoms with Gasteiger partial charge in [-0.15, -0.1) is 0 Å². The van der Waals surface area contributed by atoms with Crippen LogP contribution in [0.4, 0.5) is 0 Å². The molecule has 1 aliphatic heterocycles. The summed E-state index contributed by atoms with van der Waals surface area (Å²) in [4.78, 5) is 6.88. The lowest BCUT2D eigenvalue weighted by atomic mass is 9.96. The first-order valence-corrected chi connectivity index (χ1v) is 10.3. The molecule has 1 aromatic carbocycles. The Hall–Kier alpha value is -1.10. The normalized spacial score (nSPS) is 18.5. The van der Waals surface area contributed by atoms with E-state index in [1.54, 1.807) is 0 Å². The Bertz CT molecular complexity index is 917. The van der Waals surface area contributed by atoms with Crippen molar-refractivity contribution in [3.05, 3.63) is 62.3 Å². The summed E-state index contributed by atoms with van der Waals surface area (Å²) in [6.45, 7) is 3.95. The van der Waals surface area contributed by atoms with Crippen LogP contribution in [0.2, 0.25) is 10.2 Å². The fourth-order valence-corrected chi connectivity index (χ4v) is 4.33. The molecule has 2 heterocycles. The highest BCUT2D eigenvalue weighted by molar-refractivity contribution is 6.39. The third kappa shape index (κ3) is 4.49. The van der Waals surface area contributed by atoms with Gasteiger partial charge in [-0.25, -0.2) is 4.98 Å². The van der Waals surface area contributed by atoms with Gasteiger partial charge in [-0.1, -0.05) is 52.5 Å². The molecular formula is C21H21Cl3N2O. The standard InChI is InChI=1S/C21H21Cl3N2O/c22-16-4-1-14(2-5-16)11-15-3-6-19-17(12-15)20(23)18(21(24)25-19)13-26-7-9-27-10-8-26/h1,3-4,6,12H,2,5,7-11,13H2. The second-order valence-corrected chi connectivity index (χ2v) is 8.27. The zero-order valence-corrected chi connectivity index (χ0v) is 17.2. The van der Waals surface area contributed by atoms with Crippen molar-refractivity contribution in [1.29, 1.82) is 0 Å². The first-order valence-electron chi connectivity index (χ1n) is 9.21. The molecule has 0 atom stereocenters. The Morgan fingerprint density at radius 3 is 2.59 bits per heavy atom. The monoisotopic (exact) mass is 422 g/mol. The highest BCUT2D eigenvalue weighted by Gasteiger charge is 2.18. The van der Waals surface area contributed by atoms with Crippen LogP contribution in [0, 0.1) is 0 Å². The molecule has 0 amide bonds. The molecule has 4 rings (SSSR count). The number of benzene rings is 1. The molecule has 0 spiro atoms. The van der Waals surface area contributed by atoms with Gasteiger partial charge in [0.15, 0.2) is 0 Å². The number of morpholine rings is 1. The van der Waals surface area contributed by atoms with Gasteiger partial charge in [0, 0.05) is 35.6 Å². The van der Waals surface area contributed by atoms with Crippen LogP contribution in [0.1, 0.15) is 24.0 Å². The molecule has 0 radical (unpaired) electrons. The quantitative estimate of drug-likeness (QED) is 0.585. The SMILES string of the molecule is ClC1=CC=C(Cc2ccc3nc(Cl)c(CN4CCOCC4)c(Cl)c3c2)CC1. The van der Waals surface area contributed by atoms with Crippen LogP contribution in [0.5, 0.6) is 0 Å². The molecule has 27 heavy (non-hydrogen) atoms. The van der Waals surface area contributed by atoms with E-state index in [4.69, 9.17) is 39.5 Å². The van der Waals surface area contributed by atoms with E-state index in [-0.39, 0.29) is 0 Å². The summed E-state index contributed by atoms with van der Waals surface area (Å²) >= 11 is 19.3. The molecule has 1 aliphatic carbocycles. The van der Waals surface area contributed by atoms with Crippen molar-refractivity contribution in [2.75, 3.05) is 26.3 Å². The van der Waals surface area contributed by atoms with Crippen molar-refractivity contribution in [1.82, 2.24) is 9.88 Å². The number of aromatic nitrogens is 1. The van der Waals surface area contributed by atoms with E-state index in [0.717, 1.165) is 67.1 Å².